The van der Waals surface area contributed by atoms with E-state index in [0.717, 1.165) is 13.1 Å². The van der Waals surface area contributed by atoms with E-state index in [1.165, 1.54) is 66.3 Å². The average Bonchev–Trinajstić information content (AvgIpc) is 3.66. The van der Waals surface area contributed by atoms with E-state index in [9.17, 15) is 0 Å². The van der Waals surface area contributed by atoms with Crippen molar-refractivity contribution in [2.24, 2.45) is 5.92 Å². The Labute approximate surface area is 275 Å². The fraction of sp³-hybridized carbons (Fsp3) is 0.143. The molecule has 230 valence electrons. The van der Waals surface area contributed by atoms with Gasteiger partial charge in [0.05, 0.1) is 36.5 Å². The first kappa shape index (κ1) is 28.1. The minimum atomic E-state index is 0.0370. The first-order valence-corrected chi connectivity index (χ1v) is 16.6. The van der Waals surface area contributed by atoms with Gasteiger partial charge in [-0.2, -0.15) is 0 Å². The van der Waals surface area contributed by atoms with Crippen molar-refractivity contribution in [2.45, 2.75) is 24.9 Å². The van der Waals surface area contributed by atoms with Crippen LogP contribution in [0.5, 0.6) is 0 Å². The summed E-state index contributed by atoms with van der Waals surface area (Å²) in [5.41, 5.74) is 9.83. The molecule has 1 saturated heterocycles. The van der Waals surface area contributed by atoms with Crippen molar-refractivity contribution in [1.29, 1.82) is 0 Å². The lowest BCUT2D eigenvalue weighted by Crippen LogP contribution is -2.61. The number of hydrogen-bond acceptors (Lipinski definition) is 5. The molecule has 9 rings (SSSR count). The normalized spacial score (nSPS) is 22.0. The Morgan fingerprint density at radius 1 is 0.489 bits per heavy atom. The molecule has 2 heterocycles. The van der Waals surface area contributed by atoms with Crippen molar-refractivity contribution >= 4 is 38.5 Å². The number of nitrogens with one attached hydrogen (secondary N) is 5. The predicted molar refractivity (Wildman–Crippen MR) is 196 cm³/mol. The van der Waals surface area contributed by atoms with Crippen LogP contribution < -0.4 is 26.6 Å². The molecule has 5 heteroatoms. The van der Waals surface area contributed by atoms with Gasteiger partial charge in [0.15, 0.2) is 0 Å². The lowest BCUT2D eigenvalue weighted by molar-refractivity contribution is 0.171. The molecule has 47 heavy (non-hydrogen) atoms. The van der Waals surface area contributed by atoms with Gasteiger partial charge < -0.3 is 10.6 Å². The largest absolute Gasteiger partial charge is 0.366 e. The summed E-state index contributed by atoms with van der Waals surface area (Å²) in [6.07, 6.45) is 8.21. The van der Waals surface area contributed by atoms with Crippen molar-refractivity contribution in [3.63, 3.8) is 0 Å². The molecule has 2 aliphatic heterocycles. The highest BCUT2D eigenvalue weighted by Gasteiger charge is 2.33. The summed E-state index contributed by atoms with van der Waals surface area (Å²) in [6.45, 7) is 0.758. The zero-order chi connectivity index (χ0) is 31.2. The van der Waals surface area contributed by atoms with Crippen LogP contribution in [0, 0.1) is 5.92 Å². The van der Waals surface area contributed by atoms with Crippen LogP contribution in [0.4, 0.5) is 11.4 Å². The Morgan fingerprint density at radius 2 is 1.11 bits per heavy atom. The molecule has 1 fully saturated rings. The summed E-state index contributed by atoms with van der Waals surface area (Å²) in [4.78, 5) is 0. The Balaban J connectivity index is 1.04. The number of rotatable bonds is 5. The third kappa shape index (κ3) is 5.19. The molecular weight excluding hydrogens is 574 g/mol. The Kier molecular flexibility index (Phi) is 7.08. The van der Waals surface area contributed by atoms with Gasteiger partial charge in [0, 0.05) is 16.7 Å². The van der Waals surface area contributed by atoms with Gasteiger partial charge in [0.1, 0.15) is 0 Å². The van der Waals surface area contributed by atoms with Crippen LogP contribution in [0.3, 0.4) is 0 Å². The molecule has 6 aromatic rings. The number of benzene rings is 6. The van der Waals surface area contributed by atoms with Gasteiger partial charge in [-0.3, -0.25) is 16.0 Å². The van der Waals surface area contributed by atoms with Gasteiger partial charge in [-0.05, 0) is 62.7 Å². The van der Waals surface area contributed by atoms with E-state index in [0.29, 0.717) is 0 Å². The molecule has 0 saturated carbocycles. The van der Waals surface area contributed by atoms with Gasteiger partial charge in [-0.25, -0.2) is 0 Å². The van der Waals surface area contributed by atoms with E-state index in [1.54, 1.807) is 0 Å². The molecular formula is C42H37N5. The van der Waals surface area contributed by atoms with Crippen LogP contribution in [0.25, 0.3) is 38.2 Å². The molecule has 3 unspecified atom stereocenters. The topological polar surface area (TPSA) is 60.1 Å². The van der Waals surface area contributed by atoms with Crippen LogP contribution in [-0.4, -0.2) is 12.8 Å². The molecule has 0 spiro atoms. The predicted octanol–water partition coefficient (Wildman–Crippen LogP) is 8.92. The standard InChI is InChI=1S/C42H37N5/c1-3-11-27(12-4-1)40-45-41(28-13-5-2-6-14-28)47-42(46-40)33-18-10-17-31(24-33)29-15-9-16-30(23-29)32-21-22-36-37(25-32)34-19-7-8-20-35(34)38-39(36)44-26-43-38/h1-17,19-25,33,40-47H,18,26H2. The monoisotopic (exact) mass is 611 g/mol. The molecule has 5 nitrogen and oxygen atoms in total. The first-order chi connectivity index (χ1) is 23.3. The van der Waals surface area contributed by atoms with Crippen LogP contribution >= 0.6 is 0 Å². The summed E-state index contributed by atoms with van der Waals surface area (Å²) in [6, 6.07) is 46.0. The summed E-state index contributed by atoms with van der Waals surface area (Å²) < 4.78 is 0. The minimum absolute atomic E-state index is 0.0370. The molecule has 0 amide bonds. The maximum atomic E-state index is 3.89. The zero-order valence-corrected chi connectivity index (χ0v) is 26.1. The second kappa shape index (κ2) is 11.9. The molecule has 1 aliphatic carbocycles. The van der Waals surface area contributed by atoms with Crippen molar-refractivity contribution in [2.75, 3.05) is 17.3 Å². The van der Waals surface area contributed by atoms with E-state index < -0.39 is 0 Å². The highest BCUT2D eigenvalue weighted by Crippen LogP contribution is 2.43. The SMILES string of the molecule is C1=CC(c2cccc(-c3ccc4c5c(c6ccccc6c4c3)NCN5)c2)=CC(C2NC(c3ccccc3)NC(c3ccccc3)N2)C1. The van der Waals surface area contributed by atoms with Gasteiger partial charge in [0.2, 0.25) is 0 Å². The van der Waals surface area contributed by atoms with Crippen LogP contribution in [-0.2, 0) is 0 Å². The Hall–Kier alpha value is -5.20. The van der Waals surface area contributed by atoms with E-state index in [2.05, 4.69) is 172 Å². The summed E-state index contributed by atoms with van der Waals surface area (Å²) >= 11 is 0. The number of hydrogen-bond donors (Lipinski definition) is 5. The van der Waals surface area contributed by atoms with Crippen molar-refractivity contribution in [3.8, 4) is 11.1 Å². The summed E-state index contributed by atoms with van der Waals surface area (Å²) in [5.74, 6) is 0.286. The number of anilines is 2. The second-order valence-electron chi connectivity index (χ2n) is 12.8. The van der Waals surface area contributed by atoms with Gasteiger partial charge in [0.25, 0.3) is 0 Å². The van der Waals surface area contributed by atoms with Crippen molar-refractivity contribution in [1.82, 2.24) is 16.0 Å². The maximum Gasteiger partial charge on any atom is 0.0862 e. The third-order valence-electron chi connectivity index (χ3n) is 9.90. The number of allylic oxidation sites excluding steroid dienone is 3. The molecule has 3 aliphatic rings. The highest BCUT2D eigenvalue weighted by atomic mass is 15.4. The molecule has 0 radical (unpaired) electrons. The summed E-state index contributed by atoms with van der Waals surface area (Å²) in [7, 11) is 0. The first-order valence-electron chi connectivity index (χ1n) is 16.6. The van der Waals surface area contributed by atoms with Gasteiger partial charge in [-0.1, -0.05) is 133 Å². The lowest BCUT2D eigenvalue weighted by atomic mass is 9.88. The van der Waals surface area contributed by atoms with E-state index in [1.807, 2.05) is 0 Å². The smallest absolute Gasteiger partial charge is 0.0862 e. The molecule has 5 N–H and O–H groups in total. The fourth-order valence-corrected chi connectivity index (χ4v) is 7.56. The van der Waals surface area contributed by atoms with Crippen LogP contribution in [0.1, 0.15) is 35.4 Å². The minimum Gasteiger partial charge on any atom is -0.366 e. The zero-order valence-electron chi connectivity index (χ0n) is 26.1. The molecule has 0 aromatic heterocycles. The highest BCUT2D eigenvalue weighted by molar-refractivity contribution is 6.21. The average molecular weight is 612 g/mol. The van der Waals surface area contributed by atoms with Gasteiger partial charge >= 0.3 is 0 Å². The van der Waals surface area contributed by atoms with E-state index in [4.69, 9.17) is 0 Å². The van der Waals surface area contributed by atoms with Crippen LogP contribution in [0.2, 0.25) is 0 Å². The third-order valence-corrected chi connectivity index (χ3v) is 9.90. The Morgan fingerprint density at radius 3 is 1.83 bits per heavy atom. The number of fused-ring (bicyclic) bond motifs is 6. The van der Waals surface area contributed by atoms with Crippen molar-refractivity contribution in [3.05, 3.63) is 162 Å². The summed E-state index contributed by atoms with van der Waals surface area (Å²) in [5, 5.41) is 23.7. The van der Waals surface area contributed by atoms with E-state index >= 15 is 0 Å². The van der Waals surface area contributed by atoms with E-state index in [-0.39, 0.29) is 24.4 Å². The molecule has 0 bridgehead atoms. The fourth-order valence-electron chi connectivity index (χ4n) is 7.56. The van der Waals surface area contributed by atoms with Crippen molar-refractivity contribution < 1.29 is 0 Å². The molecule has 3 atom stereocenters. The lowest BCUT2D eigenvalue weighted by Gasteiger charge is -2.42. The quantitative estimate of drug-likeness (QED) is 0.126. The molecule has 6 aromatic carbocycles. The second-order valence-corrected chi connectivity index (χ2v) is 12.8. The van der Waals surface area contributed by atoms with Gasteiger partial charge in [-0.15, -0.1) is 0 Å². The maximum absolute atomic E-state index is 3.89. The Bertz CT molecular complexity index is 2110. The van der Waals surface area contributed by atoms with Crippen LogP contribution in [0.15, 0.2) is 146 Å².